The molecule has 0 radical (unpaired) electrons. The number of anilines is 2. The van der Waals surface area contributed by atoms with Crippen LogP contribution in [0.25, 0.3) is 0 Å². The number of rotatable bonds is 20. The fourth-order valence-corrected chi connectivity index (χ4v) is 14.0. The zero-order valence-corrected chi connectivity index (χ0v) is 46.7. The molecule has 356 valence electrons. The third-order valence-corrected chi connectivity index (χ3v) is 14.3. The molecular weight excluding hydrogens is 1520 g/mol. The molecule has 2 aromatic carbocycles. The number of likely N-dealkylation sites (N-methyl/N-ethyl adjacent to an activating group) is 2. The molecule has 28 heteroatoms. The molecule has 0 aliphatic heterocycles. The SMILES string of the molecule is CNc1c(I)c(C(=O)NCC(O)CO)c(I)c(C(=O)N(C)CC(O)CO)c1I.CNc1c(I)c(C(=O)NCC(O)CO)c(I)c(C(=O)N(C)CC(O)CO)c1I.O=C(O)CC(=O)O. The summed E-state index contributed by atoms with van der Waals surface area (Å²) < 4.78 is 3.32. The maximum atomic E-state index is 13.0. The van der Waals surface area contributed by atoms with Gasteiger partial charge in [-0.1, -0.05) is 0 Å². The Morgan fingerprint density at radius 2 is 0.762 bits per heavy atom. The van der Waals surface area contributed by atoms with E-state index in [1.165, 1.54) is 23.9 Å². The summed E-state index contributed by atoms with van der Waals surface area (Å²) in [5.74, 6) is -4.40. The fourth-order valence-electron chi connectivity index (χ4n) is 4.69. The van der Waals surface area contributed by atoms with E-state index in [9.17, 15) is 49.2 Å². The van der Waals surface area contributed by atoms with Crippen molar-refractivity contribution in [3.63, 3.8) is 0 Å². The Balaban J connectivity index is 0.00000106. The number of amides is 4. The van der Waals surface area contributed by atoms with Crippen molar-refractivity contribution >= 4 is 182 Å². The maximum Gasteiger partial charge on any atom is 0.314 e. The normalized spacial score (nSPS) is 12.5. The summed E-state index contributed by atoms with van der Waals surface area (Å²) in [6, 6.07) is 0. The van der Waals surface area contributed by atoms with Crippen LogP contribution in [0.15, 0.2) is 0 Å². The van der Waals surface area contributed by atoms with Gasteiger partial charge in [-0.05, 0) is 136 Å². The number of benzene rings is 2. The molecule has 0 fully saturated rings. The number of aliphatic carboxylic acids is 2. The smallest absolute Gasteiger partial charge is 0.314 e. The van der Waals surface area contributed by atoms with Crippen molar-refractivity contribution in [1.29, 1.82) is 0 Å². The van der Waals surface area contributed by atoms with Crippen molar-refractivity contribution in [1.82, 2.24) is 20.4 Å². The van der Waals surface area contributed by atoms with E-state index < -0.39 is 92.8 Å². The summed E-state index contributed by atoms with van der Waals surface area (Å²) >= 11 is 11.9. The highest BCUT2D eigenvalue weighted by molar-refractivity contribution is 14.1. The first-order valence-electron chi connectivity index (χ1n) is 17.8. The van der Waals surface area contributed by atoms with Crippen LogP contribution in [0.4, 0.5) is 11.4 Å². The molecule has 4 atom stereocenters. The van der Waals surface area contributed by atoms with Crippen LogP contribution in [0.3, 0.4) is 0 Å². The number of nitrogens with one attached hydrogen (secondary N) is 4. The van der Waals surface area contributed by atoms with Crippen LogP contribution in [-0.2, 0) is 9.59 Å². The minimum atomic E-state index is -1.31. The minimum Gasteiger partial charge on any atom is -0.481 e. The number of carbonyl (C=O) groups is 6. The van der Waals surface area contributed by atoms with E-state index in [4.69, 9.17) is 30.6 Å². The molecule has 0 aliphatic carbocycles. The van der Waals surface area contributed by atoms with Gasteiger partial charge in [0, 0.05) is 61.5 Å². The van der Waals surface area contributed by atoms with E-state index in [-0.39, 0.29) is 37.3 Å². The second kappa shape index (κ2) is 31.1. The number of hydrogen-bond donors (Lipinski definition) is 14. The van der Waals surface area contributed by atoms with Gasteiger partial charge in [0.25, 0.3) is 23.6 Å². The molecule has 0 saturated carbocycles. The van der Waals surface area contributed by atoms with E-state index in [0.717, 1.165) is 0 Å². The standard InChI is InChI=1S/2C16H22I3N3O6.C3H4O4/c2*1-20-14-12(18)9(15(27)21-3-7(25)5-23)11(17)10(13(14)19)16(28)22(2)4-8(26)6-24;4-2(5)1-3(6)7/h2*7-8,20,23-26H,3-6H2,1-2H3,(H,21,27);1H2,(H,4,5)(H,6,7). The average molecular weight is 1570 g/mol. The molecule has 0 bridgehead atoms. The van der Waals surface area contributed by atoms with E-state index >= 15 is 0 Å². The van der Waals surface area contributed by atoms with Crippen molar-refractivity contribution in [2.75, 3.05) is 91.4 Å². The monoisotopic (exact) mass is 1570 g/mol. The number of aliphatic hydroxyl groups excluding tert-OH is 8. The predicted molar refractivity (Wildman–Crippen MR) is 279 cm³/mol. The second-order valence-electron chi connectivity index (χ2n) is 12.7. The zero-order valence-electron chi connectivity index (χ0n) is 33.8. The molecule has 63 heavy (non-hydrogen) atoms. The minimum absolute atomic E-state index is 0.0629. The van der Waals surface area contributed by atoms with Crippen molar-refractivity contribution in [2.45, 2.75) is 30.8 Å². The molecule has 4 unspecified atom stereocenters. The summed E-state index contributed by atoms with van der Waals surface area (Å²) in [5.41, 5.74) is 2.35. The molecule has 4 amide bonds. The largest absolute Gasteiger partial charge is 0.481 e. The van der Waals surface area contributed by atoms with Crippen molar-refractivity contribution in [2.24, 2.45) is 0 Å². The third kappa shape index (κ3) is 19.2. The van der Waals surface area contributed by atoms with Crippen LogP contribution in [0.1, 0.15) is 47.9 Å². The molecule has 0 spiro atoms. The first-order valence-corrected chi connectivity index (χ1v) is 24.2. The zero-order chi connectivity index (χ0) is 49.0. The Morgan fingerprint density at radius 1 is 0.492 bits per heavy atom. The van der Waals surface area contributed by atoms with E-state index in [0.29, 0.717) is 43.9 Å². The maximum absolute atomic E-state index is 13.0. The molecule has 2 rings (SSSR count). The lowest BCUT2D eigenvalue weighted by Gasteiger charge is -2.24. The Kier molecular flexibility index (Phi) is 30.5. The van der Waals surface area contributed by atoms with Gasteiger partial charge in [0.05, 0.1) is 98.8 Å². The molecule has 0 aromatic heterocycles. The summed E-state index contributed by atoms with van der Waals surface area (Å²) in [5, 5.41) is 101. The highest BCUT2D eigenvalue weighted by Crippen LogP contribution is 2.37. The van der Waals surface area contributed by atoms with Crippen LogP contribution < -0.4 is 21.3 Å². The van der Waals surface area contributed by atoms with E-state index in [1.54, 1.807) is 14.1 Å². The van der Waals surface area contributed by atoms with Gasteiger partial charge in [0.1, 0.15) is 6.42 Å². The van der Waals surface area contributed by atoms with Crippen LogP contribution in [0, 0.1) is 21.4 Å². The van der Waals surface area contributed by atoms with Gasteiger partial charge >= 0.3 is 11.9 Å². The summed E-state index contributed by atoms with van der Waals surface area (Å²) in [6.45, 7) is -2.29. The summed E-state index contributed by atoms with van der Waals surface area (Å²) in [7, 11) is 6.36. The number of carboxylic acids is 2. The number of carbonyl (C=O) groups excluding carboxylic acids is 4. The second-order valence-corrected chi connectivity index (χ2v) is 19.2. The van der Waals surface area contributed by atoms with Gasteiger partial charge in [-0.3, -0.25) is 28.8 Å². The molecule has 0 saturated heterocycles. The molecule has 14 N–H and O–H groups in total. The number of nitrogens with zero attached hydrogens (tertiary/aromatic N) is 2. The highest BCUT2D eigenvalue weighted by atomic mass is 127. The molecule has 22 nitrogen and oxygen atoms in total. The van der Waals surface area contributed by atoms with E-state index in [2.05, 4.69) is 21.3 Å². The molecule has 0 aliphatic rings. The lowest BCUT2D eigenvalue weighted by Crippen LogP contribution is -2.38. The van der Waals surface area contributed by atoms with Crippen molar-refractivity contribution in [3.8, 4) is 0 Å². The first kappa shape index (κ1) is 61.9. The predicted octanol–water partition coefficient (Wildman–Crippen LogP) is -0.354. The lowest BCUT2D eigenvalue weighted by molar-refractivity contribution is -0.147. The Bertz CT molecular complexity index is 1800. The topological polar surface area (TPSA) is 359 Å². The van der Waals surface area contributed by atoms with Gasteiger partial charge < -0.3 is 82.1 Å². The molecule has 2 aromatic rings. The number of carboxylic acid groups (broad SMARTS) is 2. The van der Waals surface area contributed by atoms with Crippen molar-refractivity contribution < 1.29 is 79.8 Å². The quantitative estimate of drug-likeness (QED) is 0.0595. The Morgan fingerprint density at radius 3 is 0.984 bits per heavy atom. The van der Waals surface area contributed by atoms with Crippen LogP contribution in [-0.4, -0.2) is 202 Å². The van der Waals surface area contributed by atoms with E-state index in [1.807, 2.05) is 136 Å². The van der Waals surface area contributed by atoms with Gasteiger partial charge in [0.2, 0.25) is 0 Å². The highest BCUT2D eigenvalue weighted by Gasteiger charge is 2.31. The van der Waals surface area contributed by atoms with Crippen LogP contribution in [0.5, 0.6) is 0 Å². The number of aliphatic hydroxyl groups is 8. The average Bonchev–Trinajstić information content (AvgIpc) is 3.21. The summed E-state index contributed by atoms with van der Waals surface area (Å²) in [6.07, 6.45) is -5.11. The molecule has 0 heterocycles. The molecular formula is C35H48I6N6O16. The van der Waals surface area contributed by atoms with Gasteiger partial charge in [-0.15, -0.1) is 0 Å². The number of halogens is 6. The van der Waals surface area contributed by atoms with Gasteiger partial charge in [-0.2, -0.15) is 0 Å². The Hall–Kier alpha value is -1.08. The number of hydrogen-bond acceptors (Lipinski definition) is 16. The van der Waals surface area contributed by atoms with Crippen LogP contribution >= 0.6 is 136 Å². The van der Waals surface area contributed by atoms with Gasteiger partial charge in [-0.25, -0.2) is 0 Å². The lowest BCUT2D eigenvalue weighted by atomic mass is 10.1. The van der Waals surface area contributed by atoms with Crippen LogP contribution in [0.2, 0.25) is 0 Å². The first-order chi connectivity index (χ1) is 29.3. The summed E-state index contributed by atoms with van der Waals surface area (Å²) in [4.78, 5) is 72.8. The fraction of sp³-hybridized carbons (Fsp3) is 0.486. The third-order valence-electron chi connectivity index (χ3n) is 7.82. The Labute approximate surface area is 443 Å². The van der Waals surface area contributed by atoms with Crippen molar-refractivity contribution in [3.05, 3.63) is 43.7 Å². The van der Waals surface area contributed by atoms with Gasteiger partial charge in [0.15, 0.2) is 0 Å².